The zero-order valence-corrected chi connectivity index (χ0v) is 15.5. The molecular weight excluding hydrogens is 340 g/mol. The third-order valence-electron chi connectivity index (χ3n) is 5.09. The van der Waals surface area contributed by atoms with Gasteiger partial charge in [0.05, 0.1) is 6.42 Å². The highest BCUT2D eigenvalue weighted by molar-refractivity contribution is 5.78. The van der Waals surface area contributed by atoms with Gasteiger partial charge < -0.3 is 10.0 Å². The van der Waals surface area contributed by atoms with Gasteiger partial charge in [0.1, 0.15) is 0 Å². The Morgan fingerprint density at radius 3 is 2.04 bits per heavy atom. The Labute approximate surface area is 160 Å². The van der Waals surface area contributed by atoms with Gasteiger partial charge in [0.2, 0.25) is 5.91 Å². The van der Waals surface area contributed by atoms with Crippen molar-refractivity contribution in [3.05, 3.63) is 71.8 Å². The van der Waals surface area contributed by atoms with E-state index in [0.29, 0.717) is 13.1 Å². The molecule has 1 aliphatic heterocycles. The summed E-state index contributed by atoms with van der Waals surface area (Å²) < 4.78 is 0. The second-order valence-corrected chi connectivity index (χ2v) is 7.05. The second-order valence-electron chi connectivity index (χ2n) is 7.05. The fourth-order valence-electron chi connectivity index (χ4n) is 3.58. The van der Waals surface area contributed by atoms with Gasteiger partial charge in [-0.1, -0.05) is 60.7 Å². The number of hydrogen-bond donors (Lipinski definition) is 1. The van der Waals surface area contributed by atoms with Crippen LogP contribution in [0, 0.1) is 0 Å². The van der Waals surface area contributed by atoms with E-state index in [0.717, 1.165) is 25.2 Å². The number of aliphatic carboxylic acids is 1. The van der Waals surface area contributed by atoms with Gasteiger partial charge in [-0.25, -0.2) is 0 Å². The average Bonchev–Trinajstić information content (AvgIpc) is 2.69. The Balaban J connectivity index is 1.54. The van der Waals surface area contributed by atoms with Crippen LogP contribution < -0.4 is 0 Å². The van der Waals surface area contributed by atoms with Gasteiger partial charge >= 0.3 is 5.97 Å². The summed E-state index contributed by atoms with van der Waals surface area (Å²) in [6, 6.07) is 19.8. The summed E-state index contributed by atoms with van der Waals surface area (Å²) in [5.41, 5.74) is 2.19. The lowest BCUT2D eigenvalue weighted by molar-refractivity contribution is -0.138. The lowest BCUT2D eigenvalue weighted by Gasteiger charge is -2.35. The van der Waals surface area contributed by atoms with Crippen molar-refractivity contribution >= 4 is 11.9 Å². The van der Waals surface area contributed by atoms with Gasteiger partial charge in [-0.05, 0) is 11.1 Å². The minimum Gasteiger partial charge on any atom is -0.481 e. The molecule has 1 aliphatic rings. The summed E-state index contributed by atoms with van der Waals surface area (Å²) in [6.07, 6.45) is 0.221. The van der Waals surface area contributed by atoms with Crippen molar-refractivity contribution in [2.45, 2.75) is 25.3 Å². The summed E-state index contributed by atoms with van der Waals surface area (Å²) in [5, 5.41) is 9.21. The Kier molecular flexibility index (Phi) is 6.60. The number of carbonyl (C=O) groups excluding carboxylic acids is 1. The molecule has 0 radical (unpaired) electrons. The van der Waals surface area contributed by atoms with E-state index in [4.69, 9.17) is 0 Å². The molecule has 3 rings (SSSR count). The molecular formula is C22H26N2O3. The van der Waals surface area contributed by atoms with E-state index in [1.165, 1.54) is 5.56 Å². The van der Waals surface area contributed by atoms with Gasteiger partial charge in [-0.2, -0.15) is 0 Å². The molecule has 1 fully saturated rings. The second kappa shape index (κ2) is 9.33. The van der Waals surface area contributed by atoms with Crippen LogP contribution in [0.25, 0.3) is 0 Å². The van der Waals surface area contributed by atoms with Gasteiger partial charge in [0, 0.05) is 45.1 Å². The van der Waals surface area contributed by atoms with Crippen molar-refractivity contribution in [1.29, 1.82) is 0 Å². The van der Waals surface area contributed by atoms with E-state index >= 15 is 0 Å². The number of carbonyl (C=O) groups is 2. The molecule has 5 heteroatoms. The van der Waals surface area contributed by atoms with Crippen LogP contribution in [0.1, 0.15) is 29.9 Å². The number of hydrogen-bond acceptors (Lipinski definition) is 3. The molecule has 1 saturated heterocycles. The maximum Gasteiger partial charge on any atom is 0.303 e. The molecule has 0 aromatic heterocycles. The van der Waals surface area contributed by atoms with Gasteiger partial charge in [0.25, 0.3) is 0 Å². The summed E-state index contributed by atoms with van der Waals surface area (Å²) in [5.74, 6) is -1.10. The van der Waals surface area contributed by atoms with Gasteiger partial charge in [0.15, 0.2) is 0 Å². The molecule has 1 unspecified atom stereocenters. The monoisotopic (exact) mass is 366 g/mol. The predicted molar refractivity (Wildman–Crippen MR) is 104 cm³/mol. The zero-order valence-electron chi connectivity index (χ0n) is 15.5. The van der Waals surface area contributed by atoms with Gasteiger partial charge in [-0.3, -0.25) is 14.5 Å². The maximum absolute atomic E-state index is 12.7. The van der Waals surface area contributed by atoms with Crippen molar-refractivity contribution < 1.29 is 14.7 Å². The molecule has 0 bridgehead atoms. The number of piperazine rings is 1. The highest BCUT2D eigenvalue weighted by atomic mass is 16.4. The zero-order chi connectivity index (χ0) is 19.1. The van der Waals surface area contributed by atoms with E-state index in [2.05, 4.69) is 17.0 Å². The highest BCUT2D eigenvalue weighted by Gasteiger charge is 2.25. The standard InChI is InChI=1S/C22H26N2O3/c25-21(15-20(16-22(26)27)19-9-5-2-6-10-19)24-13-11-23(12-14-24)17-18-7-3-1-4-8-18/h1-10,20H,11-17H2,(H,26,27). The number of nitrogens with zero attached hydrogens (tertiary/aromatic N) is 2. The minimum atomic E-state index is -0.871. The molecule has 0 saturated carbocycles. The van der Waals surface area contributed by atoms with Crippen LogP contribution >= 0.6 is 0 Å². The lowest BCUT2D eigenvalue weighted by atomic mass is 9.92. The molecule has 2 aromatic rings. The number of benzene rings is 2. The highest BCUT2D eigenvalue weighted by Crippen LogP contribution is 2.24. The fraction of sp³-hybridized carbons (Fsp3) is 0.364. The number of carboxylic acid groups (broad SMARTS) is 1. The molecule has 142 valence electrons. The van der Waals surface area contributed by atoms with Crippen molar-refractivity contribution in [2.75, 3.05) is 26.2 Å². The minimum absolute atomic E-state index is 0.0241. The summed E-state index contributed by atoms with van der Waals surface area (Å²) in [4.78, 5) is 28.2. The quantitative estimate of drug-likeness (QED) is 0.818. The third-order valence-corrected chi connectivity index (χ3v) is 5.09. The largest absolute Gasteiger partial charge is 0.481 e. The molecule has 1 amide bonds. The Morgan fingerprint density at radius 1 is 0.852 bits per heavy atom. The normalized spacial score (nSPS) is 16.1. The van der Waals surface area contributed by atoms with Gasteiger partial charge in [-0.15, -0.1) is 0 Å². The van der Waals surface area contributed by atoms with E-state index < -0.39 is 5.97 Å². The Bertz CT molecular complexity index is 741. The molecule has 5 nitrogen and oxygen atoms in total. The van der Waals surface area contributed by atoms with Crippen LogP contribution in [-0.4, -0.2) is 53.0 Å². The van der Waals surface area contributed by atoms with E-state index in [1.807, 2.05) is 53.4 Å². The van der Waals surface area contributed by atoms with E-state index in [9.17, 15) is 14.7 Å². The van der Waals surface area contributed by atoms with Crippen LogP contribution in [-0.2, 0) is 16.1 Å². The predicted octanol–water partition coefficient (Wildman–Crippen LogP) is 2.98. The molecule has 0 aliphatic carbocycles. The first kappa shape index (κ1) is 19.1. The van der Waals surface area contributed by atoms with Crippen LogP contribution in [0.2, 0.25) is 0 Å². The Hall–Kier alpha value is -2.66. The summed E-state index contributed by atoms with van der Waals surface area (Å²) >= 11 is 0. The number of amides is 1. The summed E-state index contributed by atoms with van der Waals surface area (Å²) in [6.45, 7) is 3.97. The third kappa shape index (κ3) is 5.66. The molecule has 2 aromatic carbocycles. The van der Waals surface area contributed by atoms with Crippen molar-refractivity contribution in [3.8, 4) is 0 Å². The fourth-order valence-corrected chi connectivity index (χ4v) is 3.58. The smallest absolute Gasteiger partial charge is 0.303 e. The van der Waals surface area contributed by atoms with Crippen LogP contribution in [0.4, 0.5) is 0 Å². The van der Waals surface area contributed by atoms with E-state index in [1.54, 1.807) is 0 Å². The number of carboxylic acids is 1. The van der Waals surface area contributed by atoms with Crippen molar-refractivity contribution in [2.24, 2.45) is 0 Å². The molecule has 0 spiro atoms. The summed E-state index contributed by atoms with van der Waals surface area (Å²) in [7, 11) is 0. The molecule has 1 N–H and O–H groups in total. The van der Waals surface area contributed by atoms with Crippen LogP contribution in [0.15, 0.2) is 60.7 Å². The van der Waals surface area contributed by atoms with Crippen molar-refractivity contribution in [3.63, 3.8) is 0 Å². The molecule has 27 heavy (non-hydrogen) atoms. The Morgan fingerprint density at radius 2 is 1.44 bits per heavy atom. The SMILES string of the molecule is O=C(O)CC(CC(=O)N1CCN(Cc2ccccc2)CC1)c1ccccc1. The average molecular weight is 366 g/mol. The first-order valence-corrected chi connectivity index (χ1v) is 9.42. The molecule has 1 heterocycles. The van der Waals surface area contributed by atoms with Crippen LogP contribution in [0.5, 0.6) is 0 Å². The topological polar surface area (TPSA) is 60.9 Å². The first-order chi connectivity index (χ1) is 13.1. The number of rotatable bonds is 7. The lowest BCUT2D eigenvalue weighted by Crippen LogP contribution is -2.48. The maximum atomic E-state index is 12.7. The van der Waals surface area contributed by atoms with Crippen LogP contribution in [0.3, 0.4) is 0 Å². The first-order valence-electron chi connectivity index (χ1n) is 9.42. The van der Waals surface area contributed by atoms with Crippen molar-refractivity contribution in [1.82, 2.24) is 9.80 Å². The van der Waals surface area contributed by atoms with E-state index in [-0.39, 0.29) is 24.7 Å². The molecule has 1 atom stereocenters.